The fourth-order valence-electron chi connectivity index (χ4n) is 2.67. The maximum absolute atomic E-state index is 13.4. The van der Waals surface area contributed by atoms with E-state index in [-0.39, 0.29) is 5.56 Å². The Labute approximate surface area is 162 Å². The van der Waals surface area contributed by atoms with Crippen LogP contribution in [0.4, 0.5) is 14.6 Å². The molecule has 0 saturated carbocycles. The summed E-state index contributed by atoms with van der Waals surface area (Å²) >= 11 is 1.38. The molecule has 142 valence electrons. The highest BCUT2D eigenvalue weighted by atomic mass is 32.1. The SMILES string of the molecule is COc1ccc2nc(-n3nc(C)cc3NC(=O)c3ccc(F)c(F)c3)sc2c1. The number of carbonyl (C=O) groups is 1. The number of ether oxygens (including phenoxy) is 1. The Kier molecular flexibility index (Phi) is 4.52. The van der Waals surface area contributed by atoms with Crippen LogP contribution in [0.5, 0.6) is 5.75 Å². The third-order valence-electron chi connectivity index (χ3n) is 4.02. The van der Waals surface area contributed by atoms with Gasteiger partial charge < -0.3 is 10.1 Å². The van der Waals surface area contributed by atoms with E-state index in [9.17, 15) is 13.6 Å². The minimum absolute atomic E-state index is 0.00154. The number of methoxy groups -OCH3 is 1. The predicted octanol–water partition coefficient (Wildman–Crippen LogP) is 4.33. The number of hydrogen-bond acceptors (Lipinski definition) is 5. The van der Waals surface area contributed by atoms with Gasteiger partial charge in [-0.05, 0) is 43.3 Å². The van der Waals surface area contributed by atoms with Crippen LogP contribution in [0.1, 0.15) is 16.1 Å². The largest absolute Gasteiger partial charge is 0.497 e. The molecule has 2 aromatic heterocycles. The van der Waals surface area contributed by atoms with Crippen molar-refractivity contribution in [1.82, 2.24) is 14.8 Å². The second-order valence-corrected chi connectivity index (χ2v) is 7.00. The number of halogens is 2. The first kappa shape index (κ1) is 18.1. The normalized spacial score (nSPS) is 11.0. The van der Waals surface area contributed by atoms with Crippen LogP contribution in [0.15, 0.2) is 42.5 Å². The van der Waals surface area contributed by atoms with Crippen LogP contribution in [-0.4, -0.2) is 27.8 Å². The van der Waals surface area contributed by atoms with Crippen molar-refractivity contribution in [3.8, 4) is 10.9 Å². The van der Waals surface area contributed by atoms with Gasteiger partial charge in [-0.3, -0.25) is 4.79 Å². The van der Waals surface area contributed by atoms with Crippen LogP contribution in [0.25, 0.3) is 15.3 Å². The summed E-state index contributed by atoms with van der Waals surface area (Å²) in [6.07, 6.45) is 0. The van der Waals surface area contributed by atoms with Gasteiger partial charge in [0.1, 0.15) is 11.6 Å². The van der Waals surface area contributed by atoms with E-state index in [1.807, 2.05) is 18.2 Å². The summed E-state index contributed by atoms with van der Waals surface area (Å²) in [6, 6.07) is 10.2. The van der Waals surface area contributed by atoms with Crippen LogP contribution in [0.2, 0.25) is 0 Å². The first-order chi connectivity index (χ1) is 13.4. The van der Waals surface area contributed by atoms with Gasteiger partial charge in [-0.1, -0.05) is 11.3 Å². The van der Waals surface area contributed by atoms with Crippen molar-refractivity contribution in [2.75, 3.05) is 12.4 Å². The second-order valence-electron chi connectivity index (χ2n) is 6.00. The van der Waals surface area contributed by atoms with Gasteiger partial charge in [0.2, 0.25) is 5.13 Å². The Morgan fingerprint density at radius 2 is 1.96 bits per heavy atom. The van der Waals surface area contributed by atoms with Gasteiger partial charge in [0.25, 0.3) is 5.91 Å². The van der Waals surface area contributed by atoms with E-state index in [0.717, 1.165) is 22.3 Å². The smallest absolute Gasteiger partial charge is 0.256 e. The first-order valence-corrected chi connectivity index (χ1v) is 9.04. The Bertz CT molecular complexity index is 1200. The third-order valence-corrected chi connectivity index (χ3v) is 5.01. The van der Waals surface area contributed by atoms with Gasteiger partial charge in [-0.15, -0.1) is 0 Å². The maximum Gasteiger partial charge on any atom is 0.256 e. The van der Waals surface area contributed by atoms with Crippen LogP contribution in [0.3, 0.4) is 0 Å². The molecule has 0 unspecified atom stereocenters. The highest BCUT2D eigenvalue weighted by Crippen LogP contribution is 2.30. The maximum atomic E-state index is 13.4. The Balaban J connectivity index is 1.68. The van der Waals surface area contributed by atoms with Crippen molar-refractivity contribution in [1.29, 1.82) is 0 Å². The number of hydrogen-bond donors (Lipinski definition) is 1. The van der Waals surface area contributed by atoms with E-state index in [4.69, 9.17) is 4.74 Å². The molecule has 0 aliphatic carbocycles. The number of nitrogens with zero attached hydrogens (tertiary/aromatic N) is 3. The summed E-state index contributed by atoms with van der Waals surface area (Å²) < 4.78 is 34.1. The Hall–Kier alpha value is -3.33. The zero-order valence-corrected chi connectivity index (χ0v) is 15.7. The standard InChI is InChI=1S/C19H14F2N4O2S/c1-10-7-17(23-18(26)11-3-5-13(20)14(21)8-11)25(24-10)19-22-15-6-4-12(27-2)9-16(15)28-19/h3-9H,1-2H3,(H,23,26). The predicted molar refractivity (Wildman–Crippen MR) is 102 cm³/mol. The molecule has 28 heavy (non-hydrogen) atoms. The minimum atomic E-state index is -1.09. The average Bonchev–Trinajstić information content (AvgIpc) is 3.25. The number of rotatable bonds is 4. The molecule has 9 heteroatoms. The van der Waals surface area contributed by atoms with E-state index in [1.54, 1.807) is 20.1 Å². The molecule has 2 heterocycles. The van der Waals surface area contributed by atoms with Gasteiger partial charge in [0, 0.05) is 11.6 Å². The summed E-state index contributed by atoms with van der Waals surface area (Å²) in [5.74, 6) is -1.59. The number of carbonyl (C=O) groups excluding carboxylic acids is 1. The summed E-state index contributed by atoms with van der Waals surface area (Å²) in [6.45, 7) is 1.78. The van der Waals surface area contributed by atoms with Crippen molar-refractivity contribution in [2.24, 2.45) is 0 Å². The molecular weight excluding hydrogens is 386 g/mol. The highest BCUT2D eigenvalue weighted by Gasteiger charge is 2.16. The summed E-state index contributed by atoms with van der Waals surface area (Å²) in [4.78, 5) is 17.0. The van der Waals surface area contributed by atoms with Crippen LogP contribution in [-0.2, 0) is 0 Å². The molecule has 4 aromatic rings. The van der Waals surface area contributed by atoms with E-state index in [2.05, 4.69) is 15.4 Å². The summed E-state index contributed by atoms with van der Waals surface area (Å²) in [5.41, 5.74) is 1.43. The number of anilines is 1. The van der Waals surface area contributed by atoms with E-state index in [1.165, 1.54) is 22.1 Å². The van der Waals surface area contributed by atoms with E-state index >= 15 is 0 Å². The van der Waals surface area contributed by atoms with Crippen molar-refractivity contribution in [3.05, 3.63) is 65.4 Å². The van der Waals surface area contributed by atoms with Crippen molar-refractivity contribution >= 4 is 33.3 Å². The lowest BCUT2D eigenvalue weighted by Gasteiger charge is -2.06. The van der Waals surface area contributed by atoms with E-state index in [0.29, 0.717) is 22.4 Å². The van der Waals surface area contributed by atoms with Crippen molar-refractivity contribution in [3.63, 3.8) is 0 Å². The first-order valence-electron chi connectivity index (χ1n) is 8.22. The van der Waals surface area contributed by atoms with Crippen molar-refractivity contribution < 1.29 is 18.3 Å². The van der Waals surface area contributed by atoms with Crippen LogP contribution >= 0.6 is 11.3 Å². The quantitative estimate of drug-likeness (QED) is 0.554. The molecule has 0 radical (unpaired) electrons. The Morgan fingerprint density at radius 1 is 1.14 bits per heavy atom. The minimum Gasteiger partial charge on any atom is -0.497 e. The fourth-order valence-corrected chi connectivity index (χ4v) is 3.63. The summed E-state index contributed by atoms with van der Waals surface area (Å²) in [7, 11) is 1.59. The number of nitrogens with one attached hydrogen (secondary N) is 1. The van der Waals surface area contributed by atoms with Gasteiger partial charge in [-0.2, -0.15) is 9.78 Å². The zero-order chi connectivity index (χ0) is 19.8. The molecule has 0 aliphatic heterocycles. The molecule has 0 atom stereocenters. The molecule has 1 N–H and O–H groups in total. The second kappa shape index (κ2) is 7.01. The molecule has 6 nitrogen and oxygen atoms in total. The lowest BCUT2D eigenvalue weighted by molar-refractivity contribution is 0.102. The molecule has 0 spiro atoms. The molecule has 0 fully saturated rings. The molecular formula is C19H14F2N4O2S. The Morgan fingerprint density at radius 3 is 2.71 bits per heavy atom. The van der Waals surface area contributed by atoms with Crippen LogP contribution in [0, 0.1) is 18.6 Å². The number of thiazole rings is 1. The van der Waals surface area contributed by atoms with Gasteiger partial charge in [-0.25, -0.2) is 13.8 Å². The van der Waals surface area contributed by atoms with E-state index < -0.39 is 17.5 Å². The number of aromatic nitrogens is 3. The molecule has 0 bridgehead atoms. The number of benzene rings is 2. The number of aryl methyl sites for hydroxylation is 1. The molecule has 0 aliphatic rings. The summed E-state index contributed by atoms with van der Waals surface area (Å²) in [5, 5.41) is 7.61. The third kappa shape index (κ3) is 3.31. The molecule has 1 amide bonds. The molecule has 4 rings (SSSR count). The van der Waals surface area contributed by atoms with Gasteiger partial charge in [0.05, 0.1) is 23.0 Å². The highest BCUT2D eigenvalue weighted by molar-refractivity contribution is 7.20. The monoisotopic (exact) mass is 400 g/mol. The van der Waals surface area contributed by atoms with Crippen LogP contribution < -0.4 is 10.1 Å². The van der Waals surface area contributed by atoms with Gasteiger partial charge in [0.15, 0.2) is 11.6 Å². The lowest BCUT2D eigenvalue weighted by atomic mass is 10.2. The number of amides is 1. The fraction of sp³-hybridized carbons (Fsp3) is 0.105. The number of fused-ring (bicyclic) bond motifs is 1. The zero-order valence-electron chi connectivity index (χ0n) is 14.9. The lowest BCUT2D eigenvalue weighted by Crippen LogP contribution is -2.15. The average molecular weight is 400 g/mol. The topological polar surface area (TPSA) is 69.0 Å². The van der Waals surface area contributed by atoms with Gasteiger partial charge >= 0.3 is 0 Å². The molecule has 2 aromatic carbocycles. The van der Waals surface area contributed by atoms with Crippen molar-refractivity contribution in [2.45, 2.75) is 6.92 Å². The molecule has 0 saturated heterocycles.